The number of likely N-dealkylation sites (N-methyl/N-ethyl adjacent to an activating group) is 1. The van der Waals surface area contributed by atoms with Crippen molar-refractivity contribution < 1.29 is 33.4 Å². The van der Waals surface area contributed by atoms with Crippen LogP contribution < -0.4 is 10.7 Å². The number of cyclic esters (lactones) is 1. The Morgan fingerprint density at radius 2 is 1.82 bits per heavy atom. The van der Waals surface area contributed by atoms with Crippen molar-refractivity contribution in [1.29, 1.82) is 0 Å². The topological polar surface area (TPSA) is 172 Å². The van der Waals surface area contributed by atoms with Crippen LogP contribution in [0.25, 0.3) is 33.4 Å². The Balaban J connectivity index is 0.00000274. The fraction of sp³-hybridized carbons (Fsp3) is 0.540. The summed E-state index contributed by atoms with van der Waals surface area (Å²) < 4.78 is 14.3. The predicted molar refractivity (Wildman–Crippen MR) is 298 cm³/mol. The molecule has 3 aromatic heterocycles. The lowest BCUT2D eigenvalue weighted by Gasteiger charge is -2.44. The highest BCUT2D eigenvalue weighted by atomic mass is 32.1. The van der Waals surface area contributed by atoms with Crippen LogP contribution in [0, 0.1) is 11.3 Å². The van der Waals surface area contributed by atoms with E-state index in [-0.39, 0.29) is 91.0 Å². The lowest BCUT2D eigenvalue weighted by atomic mass is 9.84. The summed E-state index contributed by atoms with van der Waals surface area (Å²) in [6.07, 6.45) is 6.01. The minimum Gasteiger partial charge on any atom is -0.464 e. The summed E-state index contributed by atoms with van der Waals surface area (Å²) in [6.45, 7) is 18.0. The number of hydrogen-bond donors (Lipinski definition) is 2. The van der Waals surface area contributed by atoms with Gasteiger partial charge in [-0.1, -0.05) is 40.3 Å². The number of piperazine rings is 1. The van der Waals surface area contributed by atoms with Gasteiger partial charge in [0.2, 0.25) is 11.8 Å². The molecule has 71 heavy (non-hydrogen) atoms. The van der Waals surface area contributed by atoms with E-state index in [0.29, 0.717) is 57.0 Å². The Hall–Kier alpha value is -4.25. The number of nitrogens with zero attached hydrogens (tertiary/aromatic N) is 7. The SMILES string of the molecule is C=CC(=O)N1CCN(C(=O)N(C)[C@H](C(=O)N[C@H]2Cc3nc(cs3)-c3ccc4c(c3)c(c(-c3cccnc3[C@H](C)OC)n4CC)CC(C)(C)COC(=O)[C@@H]3CCCN(N3)C2=O)C(C)C)C2(CC2)C1.S.S.S.S. The molecule has 4 atom stereocenters. The fourth-order valence-electron chi connectivity index (χ4n) is 10.2. The first-order chi connectivity index (χ1) is 32.0. The van der Waals surface area contributed by atoms with Crippen LogP contribution in [0.2, 0.25) is 0 Å². The van der Waals surface area contributed by atoms with E-state index in [9.17, 15) is 24.0 Å². The number of esters is 1. The molecule has 6 heterocycles. The summed E-state index contributed by atoms with van der Waals surface area (Å²) in [6, 6.07) is 7.32. The van der Waals surface area contributed by atoms with Crippen molar-refractivity contribution in [2.24, 2.45) is 11.3 Å². The molecule has 21 heteroatoms. The molecular weight excluding hydrogens is 999 g/mol. The van der Waals surface area contributed by atoms with Crippen LogP contribution in [0.5, 0.6) is 0 Å². The molecule has 1 aliphatic carbocycles. The number of ether oxygens (including phenoxy) is 2. The Kier molecular flexibility index (Phi) is 20.2. The first kappa shape index (κ1) is 59.3. The summed E-state index contributed by atoms with van der Waals surface area (Å²) in [5.41, 5.74) is 8.80. The minimum atomic E-state index is -1.09. The highest BCUT2D eigenvalue weighted by Gasteiger charge is 2.55. The quantitative estimate of drug-likeness (QED) is 0.138. The van der Waals surface area contributed by atoms with Crippen LogP contribution in [-0.2, 0) is 48.0 Å². The van der Waals surface area contributed by atoms with E-state index in [1.165, 1.54) is 27.3 Å². The molecule has 2 saturated heterocycles. The number of fused-ring (bicyclic) bond motifs is 6. The Morgan fingerprint density at radius 1 is 1.08 bits per heavy atom. The van der Waals surface area contributed by atoms with Gasteiger partial charge in [-0.25, -0.2) is 15.2 Å². The predicted octanol–water partition coefficient (Wildman–Crippen LogP) is 6.59. The molecule has 1 aromatic carbocycles. The number of methoxy groups -OCH3 is 1. The summed E-state index contributed by atoms with van der Waals surface area (Å²) in [5, 5.41) is 8.15. The average molecular weight is 1070 g/mol. The third-order valence-corrected chi connectivity index (χ3v) is 14.8. The molecule has 4 aromatic rings. The van der Waals surface area contributed by atoms with Gasteiger partial charge in [0, 0.05) is 92.3 Å². The second-order valence-corrected chi connectivity index (χ2v) is 20.6. The monoisotopic (exact) mass is 1070 g/mol. The number of pyridine rings is 1. The molecule has 0 radical (unpaired) electrons. The van der Waals surface area contributed by atoms with Crippen LogP contribution in [0.15, 0.2) is 54.6 Å². The van der Waals surface area contributed by atoms with Gasteiger partial charge in [0.25, 0.3) is 5.91 Å². The largest absolute Gasteiger partial charge is 0.464 e. The third-order valence-electron chi connectivity index (χ3n) is 14.0. The maximum atomic E-state index is 14.7. The number of aryl methyl sites for hydroxylation is 1. The van der Waals surface area contributed by atoms with E-state index in [4.69, 9.17) is 19.4 Å². The second kappa shape index (κ2) is 24.2. The number of amides is 5. The van der Waals surface area contributed by atoms with Gasteiger partial charge in [-0.05, 0) is 87.8 Å². The van der Waals surface area contributed by atoms with Crippen molar-refractivity contribution in [3.8, 4) is 22.5 Å². The van der Waals surface area contributed by atoms with Crippen LogP contribution in [0.4, 0.5) is 4.79 Å². The number of thiazole rings is 1. The number of benzene rings is 1. The standard InChI is InChI=1S/C50H65N9O7S.4H2S/c1-10-41(60)56-22-23-58(50(28-56)18-19-50)48(64)55(8)43(30(3)4)45(61)53-37-25-40-52-38(27-67-40)32-16-17-39-34(24-32)35(44(57(39)11-2)33-14-12-20-51-42(33)31(5)65-9)26-49(6,7)29-66-47(63)36-15-13-21-59(54-36)46(37)62;;;;/h10,12,14,16-17,20,24,27,30-31,36-37,43,54H,1,11,13,15,18-19,21-23,25-26,28-29H2,2-9H3,(H,53,61);4*1H2/t31-,36-,37-,43-;;;;/m0..../s1. The Labute approximate surface area is 449 Å². The normalized spacial score (nSPS) is 20.2. The maximum absolute atomic E-state index is 14.7. The zero-order valence-electron chi connectivity index (χ0n) is 42.1. The Bertz CT molecular complexity index is 2580. The number of rotatable bonds is 9. The molecule has 3 aliphatic heterocycles. The lowest BCUT2D eigenvalue weighted by molar-refractivity contribution is -0.155. The molecule has 1 spiro atoms. The van der Waals surface area contributed by atoms with Gasteiger partial charge in [-0.15, -0.1) is 11.3 Å². The molecule has 4 aliphatic rings. The third kappa shape index (κ3) is 12.1. The van der Waals surface area contributed by atoms with Crippen LogP contribution in [0.3, 0.4) is 0 Å². The fourth-order valence-corrected chi connectivity index (χ4v) is 11.1. The van der Waals surface area contributed by atoms with Crippen molar-refractivity contribution in [2.45, 2.75) is 116 Å². The number of urea groups is 1. The molecule has 5 amide bonds. The van der Waals surface area contributed by atoms with E-state index in [2.05, 4.69) is 66.9 Å². The van der Waals surface area contributed by atoms with Crippen molar-refractivity contribution in [3.05, 3.63) is 70.8 Å². The molecule has 2 N–H and O–H groups in total. The zero-order chi connectivity index (χ0) is 47.9. The minimum absolute atomic E-state index is 0. The number of nitrogens with one attached hydrogen (secondary N) is 2. The van der Waals surface area contributed by atoms with Crippen molar-refractivity contribution in [3.63, 3.8) is 0 Å². The number of aromatic nitrogens is 3. The average Bonchev–Trinajstić information content (AvgIpc) is 3.79. The second-order valence-electron chi connectivity index (χ2n) is 19.7. The summed E-state index contributed by atoms with van der Waals surface area (Å²) >= 11 is 1.41. The van der Waals surface area contributed by atoms with Gasteiger partial charge in [-0.3, -0.25) is 29.2 Å². The molecule has 0 unspecified atom stereocenters. The van der Waals surface area contributed by atoms with E-state index in [1.54, 1.807) is 30.2 Å². The lowest BCUT2D eigenvalue weighted by Crippen LogP contribution is -2.64. The van der Waals surface area contributed by atoms with E-state index < -0.39 is 46.9 Å². The first-order valence-electron chi connectivity index (χ1n) is 23.6. The zero-order valence-corrected chi connectivity index (χ0v) is 46.9. The van der Waals surface area contributed by atoms with Gasteiger partial charge in [0.1, 0.15) is 18.1 Å². The molecule has 6 bridgehead atoms. The summed E-state index contributed by atoms with van der Waals surface area (Å²) in [4.78, 5) is 84.9. The number of hydrazine groups is 1. The Morgan fingerprint density at radius 3 is 2.48 bits per heavy atom. The van der Waals surface area contributed by atoms with Gasteiger partial charge in [0.05, 0.1) is 40.3 Å². The van der Waals surface area contributed by atoms with Crippen molar-refractivity contribution in [2.75, 3.05) is 46.9 Å². The van der Waals surface area contributed by atoms with Gasteiger partial charge >= 0.3 is 12.0 Å². The number of carbonyl (C=O) groups is 5. The summed E-state index contributed by atoms with van der Waals surface area (Å²) in [5.74, 6) is -1.84. The summed E-state index contributed by atoms with van der Waals surface area (Å²) in [7, 11) is 3.31. The van der Waals surface area contributed by atoms with E-state index in [1.807, 2.05) is 32.2 Å². The molecule has 1 saturated carbocycles. The van der Waals surface area contributed by atoms with Crippen LogP contribution in [0.1, 0.15) is 89.6 Å². The molecule has 8 rings (SSSR count). The van der Waals surface area contributed by atoms with Crippen LogP contribution in [-0.4, -0.2) is 135 Å². The van der Waals surface area contributed by atoms with Gasteiger partial charge < -0.3 is 34.1 Å². The van der Waals surface area contributed by atoms with E-state index in [0.717, 1.165) is 57.5 Å². The van der Waals surface area contributed by atoms with Crippen molar-refractivity contribution in [1.82, 2.24) is 45.0 Å². The highest BCUT2D eigenvalue weighted by Crippen LogP contribution is 2.45. The molecule has 390 valence electrons. The highest BCUT2D eigenvalue weighted by molar-refractivity contribution is 7.59. The number of hydrogen-bond acceptors (Lipinski definition) is 11. The van der Waals surface area contributed by atoms with Crippen molar-refractivity contribution >= 4 is 106 Å². The number of carbonyl (C=O) groups excluding carboxylic acids is 5. The first-order valence-corrected chi connectivity index (χ1v) is 24.5. The molecule has 3 fully saturated rings. The van der Waals surface area contributed by atoms with Gasteiger partial charge in [-0.2, -0.15) is 54.0 Å². The van der Waals surface area contributed by atoms with Gasteiger partial charge in [0.15, 0.2) is 0 Å². The van der Waals surface area contributed by atoms with Crippen LogP contribution >= 0.6 is 65.3 Å². The molecular formula is C50H73N9O7S5. The maximum Gasteiger partial charge on any atom is 0.324 e. The molecule has 16 nitrogen and oxygen atoms in total. The van der Waals surface area contributed by atoms with E-state index >= 15 is 0 Å². The smallest absolute Gasteiger partial charge is 0.324 e.